The number of carbonyl (C=O) groups is 1. The second kappa shape index (κ2) is 7.37. The average molecular weight is 380 g/mol. The van der Waals surface area contributed by atoms with E-state index in [2.05, 4.69) is 4.98 Å². The molecule has 1 amide bonds. The fourth-order valence-corrected chi connectivity index (χ4v) is 3.27. The van der Waals surface area contributed by atoms with Crippen LogP contribution in [0.1, 0.15) is 21.6 Å². The van der Waals surface area contributed by atoms with Crippen molar-refractivity contribution in [1.82, 2.24) is 14.9 Å². The van der Waals surface area contributed by atoms with Gasteiger partial charge < -0.3 is 9.64 Å². The molecule has 0 atom stereocenters. The highest BCUT2D eigenvalue weighted by Gasteiger charge is 2.23. The Kier molecular flexibility index (Phi) is 4.77. The monoisotopic (exact) mass is 379 g/mol. The van der Waals surface area contributed by atoms with Crippen LogP contribution in [0.3, 0.4) is 0 Å². The summed E-state index contributed by atoms with van der Waals surface area (Å²) in [7, 11) is 1.64. The lowest BCUT2D eigenvalue weighted by molar-refractivity contribution is 0.0733. The molecule has 2 heterocycles. The number of halogens is 1. The summed E-state index contributed by atoms with van der Waals surface area (Å²) < 4.78 is 5.19. The van der Waals surface area contributed by atoms with Crippen LogP contribution in [-0.2, 0) is 13.0 Å². The van der Waals surface area contributed by atoms with Crippen LogP contribution in [-0.4, -0.2) is 34.4 Å². The normalized spacial score (nSPS) is 13.2. The zero-order chi connectivity index (χ0) is 18.8. The molecule has 1 aromatic heterocycles. The third kappa shape index (κ3) is 3.64. The van der Waals surface area contributed by atoms with Gasteiger partial charge in [-0.05, 0) is 48.5 Å². The Morgan fingerprint density at radius 3 is 2.56 bits per heavy atom. The largest absolute Gasteiger partial charge is 0.497 e. The van der Waals surface area contributed by atoms with E-state index in [1.807, 2.05) is 35.4 Å². The Hall–Kier alpha value is -2.92. The van der Waals surface area contributed by atoms with Gasteiger partial charge in [-0.2, -0.15) is 0 Å². The van der Waals surface area contributed by atoms with Gasteiger partial charge in [-0.1, -0.05) is 11.6 Å². The van der Waals surface area contributed by atoms with Crippen molar-refractivity contribution in [3.63, 3.8) is 0 Å². The van der Waals surface area contributed by atoms with Crippen molar-refractivity contribution >= 4 is 17.5 Å². The van der Waals surface area contributed by atoms with Gasteiger partial charge in [0.2, 0.25) is 0 Å². The Morgan fingerprint density at radius 1 is 1.11 bits per heavy atom. The van der Waals surface area contributed by atoms with Gasteiger partial charge in [0.05, 0.1) is 12.8 Å². The minimum absolute atomic E-state index is 0.00320. The molecule has 0 saturated carbocycles. The van der Waals surface area contributed by atoms with E-state index >= 15 is 0 Å². The molecule has 2 aromatic carbocycles. The number of hydrogen-bond acceptors (Lipinski definition) is 4. The first kappa shape index (κ1) is 17.5. The molecule has 1 aliphatic rings. The third-order valence-corrected chi connectivity index (χ3v) is 4.91. The average Bonchev–Trinajstić information content (AvgIpc) is 2.73. The van der Waals surface area contributed by atoms with Crippen LogP contribution in [0.25, 0.3) is 11.4 Å². The van der Waals surface area contributed by atoms with Gasteiger partial charge in [0.15, 0.2) is 5.82 Å². The first-order valence-electron chi connectivity index (χ1n) is 8.68. The molecule has 136 valence electrons. The summed E-state index contributed by atoms with van der Waals surface area (Å²) in [6, 6.07) is 14.6. The predicted molar refractivity (Wildman–Crippen MR) is 104 cm³/mol. The van der Waals surface area contributed by atoms with E-state index in [-0.39, 0.29) is 5.91 Å². The van der Waals surface area contributed by atoms with Gasteiger partial charge in [0.25, 0.3) is 5.91 Å². The Bertz CT molecular complexity index is 972. The van der Waals surface area contributed by atoms with Crippen LogP contribution in [0.15, 0.2) is 54.7 Å². The lowest BCUT2D eigenvalue weighted by Crippen LogP contribution is -2.36. The quantitative estimate of drug-likeness (QED) is 0.690. The maximum atomic E-state index is 12.7. The fraction of sp³-hybridized carbons (Fsp3) is 0.190. The van der Waals surface area contributed by atoms with Gasteiger partial charge in [0.1, 0.15) is 5.75 Å². The molecular weight excluding hydrogens is 362 g/mol. The van der Waals surface area contributed by atoms with Gasteiger partial charge in [-0.25, -0.2) is 9.97 Å². The van der Waals surface area contributed by atoms with Crippen molar-refractivity contribution in [2.45, 2.75) is 13.0 Å². The van der Waals surface area contributed by atoms with E-state index < -0.39 is 0 Å². The van der Waals surface area contributed by atoms with E-state index in [0.29, 0.717) is 35.9 Å². The molecule has 27 heavy (non-hydrogen) atoms. The van der Waals surface area contributed by atoms with Crippen molar-refractivity contribution < 1.29 is 9.53 Å². The lowest BCUT2D eigenvalue weighted by atomic mass is 10.1. The van der Waals surface area contributed by atoms with Crippen LogP contribution >= 0.6 is 11.6 Å². The summed E-state index contributed by atoms with van der Waals surface area (Å²) in [6.45, 7) is 1.15. The second-order valence-electron chi connectivity index (χ2n) is 6.38. The second-order valence-corrected chi connectivity index (χ2v) is 6.81. The summed E-state index contributed by atoms with van der Waals surface area (Å²) in [4.78, 5) is 23.7. The topological polar surface area (TPSA) is 55.3 Å². The van der Waals surface area contributed by atoms with Crippen molar-refractivity contribution in [2.24, 2.45) is 0 Å². The van der Waals surface area contributed by atoms with E-state index in [1.165, 1.54) is 0 Å². The van der Waals surface area contributed by atoms with E-state index in [4.69, 9.17) is 21.3 Å². The van der Waals surface area contributed by atoms with E-state index in [0.717, 1.165) is 22.6 Å². The summed E-state index contributed by atoms with van der Waals surface area (Å²) >= 11 is 5.90. The molecule has 4 rings (SSSR count). The molecule has 0 spiro atoms. The molecule has 0 unspecified atom stereocenters. The molecule has 5 nitrogen and oxygen atoms in total. The Labute approximate surface area is 162 Å². The number of ether oxygens (including phenoxy) is 1. The fourth-order valence-electron chi connectivity index (χ4n) is 3.14. The highest BCUT2D eigenvalue weighted by molar-refractivity contribution is 6.30. The van der Waals surface area contributed by atoms with Crippen LogP contribution < -0.4 is 4.74 Å². The predicted octanol–water partition coefficient (Wildman–Crippen LogP) is 4.00. The Morgan fingerprint density at radius 2 is 1.85 bits per heavy atom. The van der Waals surface area contributed by atoms with Gasteiger partial charge in [-0.3, -0.25) is 4.79 Å². The van der Waals surface area contributed by atoms with E-state index in [9.17, 15) is 4.79 Å². The minimum atomic E-state index is -0.00320. The lowest BCUT2D eigenvalue weighted by Gasteiger charge is -2.28. The number of benzene rings is 2. The first-order chi connectivity index (χ1) is 13.1. The molecule has 0 radical (unpaired) electrons. The molecule has 0 aliphatic carbocycles. The van der Waals surface area contributed by atoms with Crippen molar-refractivity contribution in [3.8, 4) is 17.1 Å². The van der Waals surface area contributed by atoms with Crippen molar-refractivity contribution in [2.75, 3.05) is 13.7 Å². The number of hydrogen-bond donors (Lipinski definition) is 0. The molecule has 1 aliphatic heterocycles. The van der Waals surface area contributed by atoms with Crippen molar-refractivity contribution in [1.29, 1.82) is 0 Å². The van der Waals surface area contributed by atoms with Crippen LogP contribution in [0.5, 0.6) is 5.75 Å². The highest BCUT2D eigenvalue weighted by atomic mass is 35.5. The number of carbonyl (C=O) groups excluding carboxylic acids is 1. The summed E-state index contributed by atoms with van der Waals surface area (Å²) in [5.41, 5.74) is 3.56. The summed E-state index contributed by atoms with van der Waals surface area (Å²) in [6.07, 6.45) is 2.53. The van der Waals surface area contributed by atoms with Gasteiger partial charge in [0, 0.05) is 47.4 Å². The zero-order valence-electron chi connectivity index (χ0n) is 14.9. The highest BCUT2D eigenvalue weighted by Crippen LogP contribution is 2.24. The summed E-state index contributed by atoms with van der Waals surface area (Å²) in [5.74, 6) is 1.48. The molecule has 0 bridgehead atoms. The minimum Gasteiger partial charge on any atom is -0.497 e. The first-order valence-corrected chi connectivity index (χ1v) is 9.06. The zero-order valence-corrected chi connectivity index (χ0v) is 15.6. The number of amides is 1. The number of rotatable bonds is 3. The maximum absolute atomic E-state index is 12.7. The summed E-state index contributed by atoms with van der Waals surface area (Å²) in [5, 5.41) is 0.620. The molecular formula is C21H18ClN3O2. The standard InChI is InChI=1S/C21H18ClN3O2/c1-27-18-8-4-14(5-9-18)20-23-12-16-13-25(11-10-19(16)24-20)21(26)15-2-6-17(22)7-3-15/h2-9,12H,10-11,13H2,1H3. The molecule has 0 fully saturated rings. The molecule has 6 heteroatoms. The maximum Gasteiger partial charge on any atom is 0.254 e. The number of fused-ring (bicyclic) bond motifs is 1. The van der Waals surface area contributed by atoms with Gasteiger partial charge >= 0.3 is 0 Å². The van der Waals surface area contributed by atoms with Crippen LogP contribution in [0.2, 0.25) is 5.02 Å². The SMILES string of the molecule is COc1ccc(-c2ncc3c(n2)CCN(C(=O)c2ccc(Cl)cc2)C3)cc1. The number of methoxy groups -OCH3 is 1. The van der Waals surface area contributed by atoms with Crippen LogP contribution in [0.4, 0.5) is 0 Å². The molecule has 0 saturated heterocycles. The number of nitrogens with zero attached hydrogens (tertiary/aromatic N) is 3. The van der Waals surface area contributed by atoms with E-state index in [1.54, 1.807) is 31.4 Å². The van der Waals surface area contributed by atoms with Gasteiger partial charge in [-0.15, -0.1) is 0 Å². The molecule has 0 N–H and O–H groups in total. The number of aromatic nitrogens is 2. The Balaban J connectivity index is 1.53. The third-order valence-electron chi connectivity index (χ3n) is 4.66. The molecule has 3 aromatic rings. The van der Waals surface area contributed by atoms with Crippen molar-refractivity contribution in [3.05, 3.63) is 76.6 Å². The van der Waals surface area contributed by atoms with Crippen LogP contribution in [0, 0.1) is 0 Å². The smallest absolute Gasteiger partial charge is 0.254 e.